The number of carbonyl (C=O) groups excluding carboxylic acids is 3. The molecule has 4 rings (SSSR count). The lowest BCUT2D eigenvalue weighted by Crippen LogP contribution is -2.62. The van der Waals surface area contributed by atoms with Gasteiger partial charge in [0.25, 0.3) is 11.8 Å². The number of aromatic nitrogens is 2. The van der Waals surface area contributed by atoms with E-state index in [1.54, 1.807) is 31.0 Å². The van der Waals surface area contributed by atoms with E-state index >= 15 is 0 Å². The number of piperazine rings is 1. The van der Waals surface area contributed by atoms with Gasteiger partial charge in [-0.25, -0.2) is 4.39 Å². The van der Waals surface area contributed by atoms with Gasteiger partial charge >= 0.3 is 0 Å². The molecule has 1 fully saturated rings. The molecule has 1 N–H and O–H groups in total. The van der Waals surface area contributed by atoms with Crippen LogP contribution < -0.4 is 5.32 Å². The van der Waals surface area contributed by atoms with Gasteiger partial charge in [0, 0.05) is 45.8 Å². The van der Waals surface area contributed by atoms with Gasteiger partial charge in [-0.3, -0.25) is 19.1 Å². The molecular weight excluding hydrogens is 427 g/mol. The van der Waals surface area contributed by atoms with Crippen LogP contribution in [0.5, 0.6) is 0 Å². The van der Waals surface area contributed by atoms with Crippen LogP contribution in [0.4, 0.5) is 4.39 Å². The number of benzene rings is 1. The van der Waals surface area contributed by atoms with Crippen LogP contribution in [0.3, 0.4) is 0 Å². The number of hydrogen-bond acceptors (Lipinski definition) is 5. The highest BCUT2D eigenvalue weighted by molar-refractivity contribution is 6.01. The third-order valence-corrected chi connectivity index (χ3v) is 6.68. The Morgan fingerprint density at radius 3 is 2.45 bits per heavy atom. The summed E-state index contributed by atoms with van der Waals surface area (Å²) in [6.45, 7) is 7.89. The van der Waals surface area contributed by atoms with Crippen LogP contribution in [0.25, 0.3) is 0 Å². The van der Waals surface area contributed by atoms with E-state index < -0.39 is 5.54 Å². The second-order valence-electron chi connectivity index (χ2n) is 8.75. The van der Waals surface area contributed by atoms with Gasteiger partial charge in [-0.15, -0.1) is 0 Å². The largest absolute Gasteiger partial charge is 0.350 e. The fraction of sp³-hybridized carbons (Fsp3) is 0.478. The fourth-order valence-electron chi connectivity index (χ4n) is 4.24. The standard InChI is InChI=1S/C23H29FN6O3/c1-4-28-9-11-29(12-10-28)20(31)18-13-19-21(32)27(3)23(2,15-30(19)26-18)22(33)25-14-16-5-7-17(24)8-6-16/h5-8,13H,4,9-12,14-15H2,1-3H3,(H,25,33)/t23-/m0/s1. The number of amides is 3. The molecular formula is C23H29FN6O3. The van der Waals surface area contributed by atoms with Gasteiger partial charge in [0.15, 0.2) is 5.69 Å². The van der Waals surface area contributed by atoms with Crippen molar-refractivity contribution in [2.75, 3.05) is 39.8 Å². The Balaban J connectivity index is 1.48. The molecule has 0 bridgehead atoms. The second-order valence-corrected chi connectivity index (χ2v) is 8.75. The molecule has 176 valence electrons. The van der Waals surface area contributed by atoms with Crippen molar-refractivity contribution in [2.45, 2.75) is 32.5 Å². The lowest BCUT2D eigenvalue weighted by Gasteiger charge is -2.40. The van der Waals surface area contributed by atoms with E-state index in [4.69, 9.17) is 0 Å². The Hall–Kier alpha value is -3.27. The summed E-state index contributed by atoms with van der Waals surface area (Å²) in [6, 6.07) is 7.37. The molecule has 2 aromatic rings. The van der Waals surface area contributed by atoms with Gasteiger partial charge < -0.3 is 20.0 Å². The van der Waals surface area contributed by atoms with Crippen LogP contribution in [0.2, 0.25) is 0 Å². The highest BCUT2D eigenvalue weighted by Gasteiger charge is 2.46. The van der Waals surface area contributed by atoms with Gasteiger partial charge in [-0.1, -0.05) is 19.1 Å². The maximum Gasteiger partial charge on any atom is 0.274 e. The van der Waals surface area contributed by atoms with Crippen molar-refractivity contribution in [3.63, 3.8) is 0 Å². The van der Waals surface area contributed by atoms with Crippen LogP contribution in [0.15, 0.2) is 30.3 Å². The minimum absolute atomic E-state index is 0.122. The molecule has 0 radical (unpaired) electrons. The van der Waals surface area contributed by atoms with Crippen LogP contribution in [-0.4, -0.2) is 87.5 Å². The molecule has 2 aliphatic rings. The summed E-state index contributed by atoms with van der Waals surface area (Å²) < 4.78 is 14.6. The monoisotopic (exact) mass is 456 g/mol. The zero-order chi connectivity index (χ0) is 23.8. The summed E-state index contributed by atoms with van der Waals surface area (Å²) in [4.78, 5) is 44.5. The first kappa shape index (κ1) is 22.9. The molecule has 1 saturated heterocycles. The zero-order valence-corrected chi connectivity index (χ0v) is 19.2. The Labute approximate surface area is 192 Å². The predicted octanol–water partition coefficient (Wildman–Crippen LogP) is 0.961. The summed E-state index contributed by atoms with van der Waals surface area (Å²) >= 11 is 0. The zero-order valence-electron chi connectivity index (χ0n) is 19.2. The quantitative estimate of drug-likeness (QED) is 0.724. The molecule has 0 unspecified atom stereocenters. The number of nitrogens with one attached hydrogen (secondary N) is 1. The molecule has 2 aliphatic heterocycles. The van der Waals surface area contributed by atoms with Crippen molar-refractivity contribution in [1.82, 2.24) is 29.8 Å². The lowest BCUT2D eigenvalue weighted by molar-refractivity contribution is -0.132. The highest BCUT2D eigenvalue weighted by atomic mass is 19.1. The van der Waals surface area contributed by atoms with Crippen molar-refractivity contribution in [3.8, 4) is 0 Å². The van der Waals surface area contributed by atoms with Crippen LogP contribution >= 0.6 is 0 Å². The van der Waals surface area contributed by atoms with Crippen LogP contribution in [0.1, 0.15) is 40.4 Å². The molecule has 0 saturated carbocycles. The first-order valence-corrected chi connectivity index (χ1v) is 11.1. The van der Waals surface area contributed by atoms with Crippen LogP contribution in [0, 0.1) is 5.82 Å². The maximum atomic E-state index is 13.1. The minimum Gasteiger partial charge on any atom is -0.350 e. The number of halogens is 1. The van der Waals surface area contributed by atoms with Crippen molar-refractivity contribution < 1.29 is 18.8 Å². The number of hydrogen-bond donors (Lipinski definition) is 1. The molecule has 0 spiro atoms. The third-order valence-electron chi connectivity index (χ3n) is 6.68. The van der Waals surface area contributed by atoms with E-state index in [0.29, 0.717) is 13.1 Å². The normalized spacial score (nSPS) is 21.2. The third kappa shape index (κ3) is 4.35. The van der Waals surface area contributed by atoms with E-state index in [1.807, 2.05) is 0 Å². The van der Waals surface area contributed by atoms with Crippen molar-refractivity contribution in [1.29, 1.82) is 0 Å². The van der Waals surface area contributed by atoms with Crippen LogP contribution in [-0.2, 0) is 17.9 Å². The Kier molecular flexibility index (Phi) is 6.20. The van der Waals surface area contributed by atoms with E-state index in [-0.39, 0.29) is 48.0 Å². The van der Waals surface area contributed by atoms with E-state index in [2.05, 4.69) is 22.2 Å². The first-order chi connectivity index (χ1) is 15.7. The van der Waals surface area contributed by atoms with Gasteiger partial charge in [0.1, 0.15) is 17.1 Å². The minimum atomic E-state index is -1.19. The predicted molar refractivity (Wildman–Crippen MR) is 119 cm³/mol. The number of rotatable bonds is 5. The molecule has 33 heavy (non-hydrogen) atoms. The van der Waals surface area contributed by atoms with Gasteiger partial charge in [0.2, 0.25) is 5.91 Å². The lowest BCUT2D eigenvalue weighted by atomic mass is 9.96. The SMILES string of the molecule is CCN1CCN(C(=O)c2cc3n(n2)C[C@@](C)(C(=O)NCc2ccc(F)cc2)N(C)C3=O)CC1. The summed E-state index contributed by atoms with van der Waals surface area (Å²) in [5, 5.41) is 7.22. The van der Waals surface area contributed by atoms with Gasteiger partial charge in [0.05, 0.1) is 6.54 Å². The van der Waals surface area contributed by atoms with E-state index in [0.717, 1.165) is 25.2 Å². The second kappa shape index (κ2) is 8.93. The van der Waals surface area contributed by atoms with Gasteiger partial charge in [-0.2, -0.15) is 5.10 Å². The molecule has 1 aromatic carbocycles. The Morgan fingerprint density at radius 2 is 1.82 bits per heavy atom. The Morgan fingerprint density at radius 1 is 1.15 bits per heavy atom. The highest BCUT2D eigenvalue weighted by Crippen LogP contribution is 2.26. The van der Waals surface area contributed by atoms with Crippen molar-refractivity contribution in [2.24, 2.45) is 0 Å². The van der Waals surface area contributed by atoms with E-state index in [1.165, 1.54) is 27.8 Å². The average molecular weight is 457 g/mol. The van der Waals surface area contributed by atoms with Gasteiger partial charge in [-0.05, 0) is 31.2 Å². The molecule has 0 aliphatic carbocycles. The summed E-state index contributed by atoms with van der Waals surface area (Å²) in [5.41, 5.74) is 0.0573. The van der Waals surface area contributed by atoms with E-state index in [9.17, 15) is 18.8 Å². The fourth-order valence-corrected chi connectivity index (χ4v) is 4.24. The summed E-state index contributed by atoms with van der Waals surface area (Å²) in [7, 11) is 1.57. The smallest absolute Gasteiger partial charge is 0.274 e. The van der Waals surface area contributed by atoms with Crippen molar-refractivity contribution >= 4 is 17.7 Å². The number of carbonyl (C=O) groups is 3. The molecule has 1 atom stereocenters. The topological polar surface area (TPSA) is 90.8 Å². The summed E-state index contributed by atoms with van der Waals surface area (Å²) in [5.74, 6) is -1.28. The molecule has 10 heteroatoms. The maximum absolute atomic E-state index is 13.1. The Bertz CT molecular complexity index is 1060. The number of nitrogens with zero attached hydrogens (tertiary/aromatic N) is 5. The molecule has 3 heterocycles. The van der Waals surface area contributed by atoms with Crippen molar-refractivity contribution in [3.05, 3.63) is 53.1 Å². The molecule has 9 nitrogen and oxygen atoms in total. The molecule has 1 aromatic heterocycles. The first-order valence-electron chi connectivity index (χ1n) is 11.1. The average Bonchev–Trinajstić information content (AvgIpc) is 3.25. The molecule has 3 amide bonds. The number of likely N-dealkylation sites (N-methyl/N-ethyl adjacent to an activating group) is 2. The summed E-state index contributed by atoms with van der Waals surface area (Å²) in [6.07, 6.45) is 0. The number of fused-ring (bicyclic) bond motifs is 1.